The lowest BCUT2D eigenvalue weighted by molar-refractivity contribution is -0.138. The number of nitrogen functional groups attached to an aromatic ring is 1. The van der Waals surface area contributed by atoms with Crippen molar-refractivity contribution in [3.05, 3.63) is 74.2 Å². The molecule has 23 heteroatoms. The number of hydrogen-bond acceptors (Lipinski definition) is 12. The van der Waals surface area contributed by atoms with Crippen LogP contribution in [0.15, 0.2) is 36.7 Å². The van der Waals surface area contributed by atoms with Gasteiger partial charge in [-0.05, 0) is 23.7 Å². The lowest BCUT2D eigenvalue weighted by Crippen LogP contribution is -2.12. The normalized spacial score (nSPS) is 10.8. The van der Waals surface area contributed by atoms with Gasteiger partial charge in [-0.15, -0.1) is 0 Å². The summed E-state index contributed by atoms with van der Waals surface area (Å²) in [6, 6.07) is 5.07. The molecule has 0 bridgehead atoms. The van der Waals surface area contributed by atoms with Gasteiger partial charge in [0.05, 0.1) is 35.6 Å². The molecule has 51 heavy (non-hydrogen) atoms. The number of alkyl halides is 6. The number of halogens is 9. The van der Waals surface area contributed by atoms with E-state index in [1.54, 1.807) is 0 Å². The molecule has 0 atom stereocenters. The van der Waals surface area contributed by atoms with Gasteiger partial charge in [0.2, 0.25) is 11.2 Å². The minimum Gasteiger partial charge on any atom is -0.496 e. The van der Waals surface area contributed by atoms with Gasteiger partial charge in [-0.3, -0.25) is 0 Å². The molecule has 2 heterocycles. The number of nitrogens with two attached hydrogens (primary N) is 1. The van der Waals surface area contributed by atoms with E-state index in [9.17, 15) is 35.9 Å². The monoisotopic (exact) mass is 788 g/mol. The Morgan fingerprint density at radius 1 is 0.745 bits per heavy atom. The summed E-state index contributed by atoms with van der Waals surface area (Å²) >= 11 is 17.0. The van der Waals surface area contributed by atoms with Gasteiger partial charge in [0.1, 0.15) is 45.4 Å². The maximum Gasteiger partial charge on any atom is 0.421 e. The van der Waals surface area contributed by atoms with Crippen molar-refractivity contribution in [2.24, 2.45) is 0 Å². The molecule has 276 valence electrons. The number of benzene rings is 2. The summed E-state index contributed by atoms with van der Waals surface area (Å²) < 4.78 is 84.9. The Hall–Kier alpha value is -5.21. The third kappa shape index (κ3) is 11.4. The predicted octanol–water partition coefficient (Wildman–Crippen LogP) is 7.46. The Morgan fingerprint density at radius 2 is 1.20 bits per heavy atom. The van der Waals surface area contributed by atoms with Crippen molar-refractivity contribution < 1.29 is 55.6 Å². The zero-order valence-electron chi connectivity index (χ0n) is 26.3. The fraction of sp³-hybridized carbons (Fsp3) is 0.214. The molecule has 0 aliphatic rings. The van der Waals surface area contributed by atoms with E-state index in [1.807, 2.05) is 0 Å². The summed E-state index contributed by atoms with van der Waals surface area (Å²) in [6.07, 6.45) is -7.82. The SMILES string of the molecule is CNc1nc(Cl)ncc1C(F)(F)F.CNc1nc(Nc2cc(OC)c(C(=O)O)cc2Cl)ncc1C(F)(F)F.COc1cc(N)c(Cl)cc1C(=O)O. The highest BCUT2D eigenvalue weighted by atomic mass is 35.5. The molecule has 0 saturated carbocycles. The second kappa shape index (κ2) is 17.6. The molecule has 0 saturated heterocycles. The third-order valence-electron chi connectivity index (χ3n) is 5.95. The molecule has 0 aliphatic heterocycles. The standard InChI is InChI=1S/C14H12ClF3N4O3.C8H8ClNO3.C6H5ClF3N3/c1-19-11-7(14(16,17)18)5-20-13(22-11)21-9-4-10(25-2)6(12(23)24)3-8(9)15;1-13-7-3-6(10)5(9)2-4(7)8(11)12;1-11-4-3(6(8,9)10)2-12-5(7)13-4/h3-5H,1-2H3,(H,23,24)(H2,19,20,21,22);2-3H,10H2,1H3,(H,11,12);2H,1H3,(H,11,12,13). The molecule has 0 amide bonds. The van der Waals surface area contributed by atoms with Crippen molar-refractivity contribution in [1.82, 2.24) is 19.9 Å². The summed E-state index contributed by atoms with van der Waals surface area (Å²) in [6.45, 7) is 0. The molecule has 2 aromatic heterocycles. The number of aromatic nitrogens is 4. The van der Waals surface area contributed by atoms with Gasteiger partial charge in [0.15, 0.2) is 0 Å². The molecule has 7 N–H and O–H groups in total. The van der Waals surface area contributed by atoms with E-state index in [4.69, 9.17) is 60.2 Å². The number of carbonyl (C=O) groups is 2. The van der Waals surface area contributed by atoms with Crippen molar-refractivity contribution in [3.63, 3.8) is 0 Å². The van der Waals surface area contributed by atoms with E-state index < -0.39 is 41.2 Å². The lowest BCUT2D eigenvalue weighted by atomic mass is 10.2. The molecule has 2 aromatic carbocycles. The molecule has 14 nitrogen and oxygen atoms in total. The van der Waals surface area contributed by atoms with E-state index in [1.165, 1.54) is 46.5 Å². The van der Waals surface area contributed by atoms with Crippen molar-refractivity contribution in [3.8, 4) is 11.5 Å². The first-order valence-electron chi connectivity index (χ1n) is 13.3. The molecule has 0 unspecified atom stereocenters. The van der Waals surface area contributed by atoms with Crippen molar-refractivity contribution >= 4 is 75.7 Å². The van der Waals surface area contributed by atoms with E-state index in [0.29, 0.717) is 18.1 Å². The van der Waals surface area contributed by atoms with E-state index >= 15 is 0 Å². The molecular formula is C28H25Cl3F6N8O6. The van der Waals surface area contributed by atoms with Crippen LogP contribution in [0.1, 0.15) is 31.8 Å². The summed E-state index contributed by atoms with van der Waals surface area (Å²) in [5.74, 6) is -3.03. The highest BCUT2D eigenvalue weighted by Crippen LogP contribution is 2.36. The Balaban J connectivity index is 0.000000292. The fourth-order valence-electron chi connectivity index (χ4n) is 3.61. The van der Waals surface area contributed by atoms with Crippen LogP contribution in [0.2, 0.25) is 15.3 Å². The van der Waals surface area contributed by atoms with E-state index in [2.05, 4.69) is 35.9 Å². The number of rotatable bonds is 8. The molecule has 0 spiro atoms. The number of nitrogens with zero attached hydrogens (tertiary/aromatic N) is 4. The number of carboxylic acid groups (broad SMARTS) is 2. The first kappa shape index (κ1) is 42.0. The Kier molecular flexibility index (Phi) is 14.5. The van der Waals surface area contributed by atoms with Gasteiger partial charge >= 0.3 is 24.3 Å². The highest BCUT2D eigenvalue weighted by molar-refractivity contribution is 6.34. The smallest absolute Gasteiger partial charge is 0.421 e. The van der Waals surface area contributed by atoms with Crippen LogP contribution in [0.4, 0.5) is 55.3 Å². The van der Waals surface area contributed by atoms with Crippen LogP contribution in [-0.2, 0) is 12.4 Å². The molecular weight excluding hydrogens is 765 g/mol. The molecule has 0 fully saturated rings. The van der Waals surface area contributed by atoms with Gasteiger partial charge in [-0.1, -0.05) is 23.2 Å². The number of anilines is 5. The van der Waals surface area contributed by atoms with Gasteiger partial charge in [-0.2, -0.15) is 31.3 Å². The number of hydrogen-bond donors (Lipinski definition) is 6. The first-order valence-corrected chi connectivity index (χ1v) is 14.4. The number of methoxy groups -OCH3 is 2. The Bertz CT molecular complexity index is 1890. The molecule has 4 aromatic rings. The second-order valence-corrected chi connectivity index (χ2v) is 10.3. The van der Waals surface area contributed by atoms with Gasteiger partial charge in [0, 0.05) is 38.6 Å². The average Bonchev–Trinajstić information content (AvgIpc) is 3.05. The Labute approximate surface area is 298 Å². The van der Waals surface area contributed by atoms with Crippen LogP contribution in [0.25, 0.3) is 0 Å². The van der Waals surface area contributed by atoms with E-state index in [0.717, 1.165) is 6.07 Å². The predicted molar refractivity (Wildman–Crippen MR) is 176 cm³/mol. The van der Waals surface area contributed by atoms with Crippen molar-refractivity contribution in [2.45, 2.75) is 12.4 Å². The van der Waals surface area contributed by atoms with Crippen LogP contribution in [-0.4, -0.2) is 70.4 Å². The minimum atomic E-state index is -4.61. The van der Waals surface area contributed by atoms with Crippen molar-refractivity contribution in [1.29, 1.82) is 0 Å². The summed E-state index contributed by atoms with van der Waals surface area (Å²) in [5.41, 5.74) is 3.81. The third-order valence-corrected chi connectivity index (χ3v) is 6.77. The first-order chi connectivity index (χ1) is 23.7. The molecule has 0 aliphatic carbocycles. The number of carboxylic acids is 2. The quantitative estimate of drug-likeness (QED) is 0.0582. The van der Waals surface area contributed by atoms with Crippen molar-refractivity contribution in [2.75, 3.05) is 50.0 Å². The summed E-state index contributed by atoms with van der Waals surface area (Å²) in [7, 11) is 5.26. The topological polar surface area (TPSA) is 207 Å². The molecule has 4 rings (SSSR count). The molecule has 0 radical (unpaired) electrons. The largest absolute Gasteiger partial charge is 0.496 e. The Morgan fingerprint density at radius 3 is 1.65 bits per heavy atom. The van der Waals surface area contributed by atoms with Gasteiger partial charge < -0.3 is 41.4 Å². The highest BCUT2D eigenvalue weighted by Gasteiger charge is 2.36. The average molecular weight is 790 g/mol. The summed E-state index contributed by atoms with van der Waals surface area (Å²) in [5, 5.41) is 25.1. The van der Waals surface area contributed by atoms with E-state index in [-0.39, 0.29) is 55.4 Å². The van der Waals surface area contributed by atoms with Crippen LogP contribution < -0.4 is 31.2 Å². The van der Waals surface area contributed by atoms with Crippen LogP contribution >= 0.6 is 34.8 Å². The summed E-state index contributed by atoms with van der Waals surface area (Å²) in [4.78, 5) is 35.8. The zero-order valence-corrected chi connectivity index (χ0v) is 28.5. The van der Waals surface area contributed by atoms with Gasteiger partial charge in [0.25, 0.3) is 0 Å². The maximum atomic E-state index is 12.8. The van der Waals surface area contributed by atoms with Crippen LogP contribution in [0, 0.1) is 0 Å². The number of aromatic carboxylic acids is 2. The lowest BCUT2D eigenvalue weighted by Gasteiger charge is -2.14. The second-order valence-electron chi connectivity index (χ2n) is 9.19. The maximum absolute atomic E-state index is 12.8. The number of nitrogens with one attached hydrogen (secondary N) is 3. The fourth-order valence-corrected chi connectivity index (χ4v) is 4.12. The zero-order chi connectivity index (χ0) is 38.8. The van der Waals surface area contributed by atoms with Crippen LogP contribution in [0.3, 0.4) is 0 Å². The van der Waals surface area contributed by atoms with Gasteiger partial charge in [-0.25, -0.2) is 24.5 Å². The van der Waals surface area contributed by atoms with Crippen LogP contribution in [0.5, 0.6) is 11.5 Å². The minimum absolute atomic E-state index is 0.00157. The number of ether oxygens (including phenoxy) is 2.